The molecule has 0 unspecified atom stereocenters. The Morgan fingerprint density at radius 3 is 2.52 bits per heavy atom. The van der Waals surface area contributed by atoms with E-state index in [1.54, 1.807) is 27.6 Å². The summed E-state index contributed by atoms with van der Waals surface area (Å²) in [7, 11) is 4.92. The van der Waals surface area contributed by atoms with E-state index in [1.165, 1.54) is 12.1 Å². The van der Waals surface area contributed by atoms with Crippen LogP contribution in [0.2, 0.25) is 0 Å². The van der Waals surface area contributed by atoms with E-state index in [0.717, 1.165) is 66.1 Å². The van der Waals surface area contributed by atoms with Gasteiger partial charge in [-0.1, -0.05) is 6.07 Å². The number of methoxy groups -OCH3 is 3. The summed E-state index contributed by atoms with van der Waals surface area (Å²) >= 11 is 1.96. The maximum atomic E-state index is 13.4. The lowest BCUT2D eigenvalue weighted by atomic mass is 10.1. The van der Waals surface area contributed by atoms with Gasteiger partial charge >= 0.3 is 0 Å². The van der Waals surface area contributed by atoms with Gasteiger partial charge in [-0.15, -0.1) is 0 Å². The molecule has 1 aliphatic heterocycles. The van der Waals surface area contributed by atoms with Crippen LogP contribution in [0.5, 0.6) is 17.2 Å². The predicted octanol–water partition coefficient (Wildman–Crippen LogP) is 5.50. The fourth-order valence-electron chi connectivity index (χ4n) is 4.13. The molecule has 0 radical (unpaired) electrons. The molecule has 3 aromatic rings. The van der Waals surface area contributed by atoms with E-state index in [9.17, 15) is 4.39 Å². The number of hydrogen-bond acceptors (Lipinski definition) is 6. The number of piperidine rings is 1. The second kappa shape index (κ2) is 9.83. The second-order valence-electron chi connectivity index (χ2n) is 7.67. The van der Waals surface area contributed by atoms with Gasteiger partial charge in [0.15, 0.2) is 11.5 Å². The van der Waals surface area contributed by atoms with Gasteiger partial charge in [0.05, 0.1) is 34.1 Å². The zero-order valence-electron chi connectivity index (χ0n) is 18.2. The minimum Gasteiger partial charge on any atom is -0.493 e. The molecular formula is C24H28FNO4S. The zero-order chi connectivity index (χ0) is 21.8. The number of benzene rings is 2. The maximum Gasteiger partial charge on any atom is 0.203 e. The van der Waals surface area contributed by atoms with Crippen LogP contribution in [0.4, 0.5) is 4.39 Å². The number of hydrogen-bond donors (Lipinski definition) is 0. The summed E-state index contributed by atoms with van der Waals surface area (Å²) in [6, 6.07) is 8.80. The third-order valence-electron chi connectivity index (χ3n) is 5.80. The van der Waals surface area contributed by atoms with Crippen molar-refractivity contribution >= 4 is 22.5 Å². The molecule has 5 nitrogen and oxygen atoms in total. The Labute approximate surface area is 186 Å². The first kappa shape index (κ1) is 21.8. The Balaban J connectivity index is 1.32. The predicted molar refractivity (Wildman–Crippen MR) is 122 cm³/mol. The molecule has 4 rings (SSSR count). The average Bonchev–Trinajstić information content (AvgIpc) is 3.19. The number of ether oxygens (including phenoxy) is 3. The van der Waals surface area contributed by atoms with Crippen LogP contribution >= 0.6 is 11.8 Å². The zero-order valence-corrected chi connectivity index (χ0v) is 19.0. The molecule has 0 spiro atoms. The molecule has 31 heavy (non-hydrogen) atoms. The number of rotatable bonds is 8. The van der Waals surface area contributed by atoms with Crippen molar-refractivity contribution in [3.63, 3.8) is 0 Å². The highest BCUT2D eigenvalue weighted by Crippen LogP contribution is 2.42. The average molecular weight is 446 g/mol. The highest BCUT2D eigenvalue weighted by atomic mass is 32.2. The Hall–Kier alpha value is -2.38. The number of likely N-dealkylation sites (tertiary alicyclic amines) is 1. The summed E-state index contributed by atoms with van der Waals surface area (Å²) in [6.45, 7) is 2.80. The summed E-state index contributed by atoms with van der Waals surface area (Å²) in [4.78, 5) is 2.41. The Morgan fingerprint density at radius 1 is 1.03 bits per heavy atom. The molecule has 166 valence electrons. The van der Waals surface area contributed by atoms with E-state index in [4.69, 9.17) is 18.6 Å². The molecule has 2 heterocycles. The summed E-state index contributed by atoms with van der Waals surface area (Å²) in [5.74, 6) is 3.61. The van der Waals surface area contributed by atoms with Gasteiger partial charge in [-0.25, -0.2) is 4.39 Å². The van der Waals surface area contributed by atoms with Gasteiger partial charge < -0.3 is 18.6 Å². The second-order valence-corrected chi connectivity index (χ2v) is 8.96. The molecule has 0 aliphatic carbocycles. The number of nitrogens with zero attached hydrogens (tertiary/aromatic N) is 1. The minimum atomic E-state index is -0.233. The summed E-state index contributed by atoms with van der Waals surface area (Å²) in [5.41, 5.74) is 1.11. The van der Waals surface area contributed by atoms with Crippen LogP contribution in [0.3, 0.4) is 0 Å². The van der Waals surface area contributed by atoms with Gasteiger partial charge in [0.25, 0.3) is 0 Å². The first-order valence-electron chi connectivity index (χ1n) is 10.4. The van der Waals surface area contributed by atoms with Crippen LogP contribution in [-0.2, 0) is 12.3 Å². The molecule has 0 bridgehead atoms. The van der Waals surface area contributed by atoms with Crippen molar-refractivity contribution in [1.82, 2.24) is 4.90 Å². The summed E-state index contributed by atoms with van der Waals surface area (Å²) in [5, 5.41) is 2.42. The topological polar surface area (TPSA) is 44.1 Å². The van der Waals surface area contributed by atoms with Crippen LogP contribution < -0.4 is 14.2 Å². The van der Waals surface area contributed by atoms with Gasteiger partial charge in [-0.2, -0.15) is 11.8 Å². The molecule has 0 N–H and O–H groups in total. The van der Waals surface area contributed by atoms with Gasteiger partial charge in [0.1, 0.15) is 11.6 Å². The van der Waals surface area contributed by atoms with Crippen molar-refractivity contribution in [2.45, 2.75) is 30.4 Å². The number of thioether (sulfide) groups is 1. The minimum absolute atomic E-state index is 0.233. The maximum absolute atomic E-state index is 13.4. The van der Waals surface area contributed by atoms with Crippen LogP contribution in [0.1, 0.15) is 24.2 Å². The molecule has 0 amide bonds. The first-order chi connectivity index (χ1) is 15.1. The summed E-state index contributed by atoms with van der Waals surface area (Å²) in [6.07, 6.45) is 3.88. The Morgan fingerprint density at radius 2 is 1.81 bits per heavy atom. The molecular weight excluding hydrogens is 417 g/mol. The highest BCUT2D eigenvalue weighted by Gasteiger charge is 2.23. The molecule has 1 aliphatic rings. The quantitative estimate of drug-likeness (QED) is 0.456. The van der Waals surface area contributed by atoms with E-state index in [1.807, 2.05) is 30.0 Å². The number of furan rings is 1. The molecule has 1 aromatic heterocycles. The van der Waals surface area contributed by atoms with E-state index >= 15 is 0 Å². The van der Waals surface area contributed by atoms with Gasteiger partial charge in [0.2, 0.25) is 5.75 Å². The van der Waals surface area contributed by atoms with Gasteiger partial charge in [-0.3, -0.25) is 4.90 Å². The number of halogens is 1. The lowest BCUT2D eigenvalue weighted by Gasteiger charge is -2.31. The van der Waals surface area contributed by atoms with E-state index in [2.05, 4.69) is 4.90 Å². The van der Waals surface area contributed by atoms with Crippen LogP contribution in [0, 0.1) is 5.82 Å². The smallest absolute Gasteiger partial charge is 0.203 e. The van der Waals surface area contributed by atoms with Gasteiger partial charge in [-0.05, 0) is 50.2 Å². The summed E-state index contributed by atoms with van der Waals surface area (Å²) < 4.78 is 35.6. The molecule has 0 saturated carbocycles. The van der Waals surface area contributed by atoms with E-state index in [-0.39, 0.29) is 5.82 Å². The van der Waals surface area contributed by atoms with Crippen LogP contribution in [-0.4, -0.2) is 44.6 Å². The van der Waals surface area contributed by atoms with Crippen molar-refractivity contribution in [2.75, 3.05) is 34.4 Å². The highest BCUT2D eigenvalue weighted by molar-refractivity contribution is 7.99. The molecule has 0 atom stereocenters. The Bertz CT molecular complexity index is 1030. The van der Waals surface area contributed by atoms with Crippen LogP contribution in [0.25, 0.3) is 10.8 Å². The fourth-order valence-corrected chi connectivity index (χ4v) is 5.31. The van der Waals surface area contributed by atoms with Gasteiger partial charge in [0, 0.05) is 27.3 Å². The van der Waals surface area contributed by atoms with Crippen LogP contribution in [0.15, 0.2) is 41.0 Å². The Kier molecular flexibility index (Phi) is 6.92. The van der Waals surface area contributed by atoms with E-state index in [0.29, 0.717) is 16.7 Å². The van der Waals surface area contributed by atoms with Crippen molar-refractivity contribution in [2.24, 2.45) is 0 Å². The molecule has 1 fully saturated rings. The first-order valence-corrected chi connectivity index (χ1v) is 11.4. The lowest BCUT2D eigenvalue weighted by Crippen LogP contribution is -2.34. The van der Waals surface area contributed by atoms with Crippen molar-refractivity contribution in [3.05, 3.63) is 53.7 Å². The molecule has 1 saturated heterocycles. The lowest BCUT2D eigenvalue weighted by molar-refractivity contribution is 0.209. The third-order valence-corrected chi connectivity index (χ3v) is 7.22. The van der Waals surface area contributed by atoms with E-state index < -0.39 is 0 Å². The standard InChI is InChI=1S/C24H28FNO4S/c1-27-21-7-4-16(23(28-2)24(21)29-3)15-31-19-8-10-26(11-9-19)13-22-20-6-5-18(25)12-17(20)14-30-22/h4-7,12,14,19H,8-11,13,15H2,1-3H3. The fraction of sp³-hybridized carbons (Fsp3) is 0.417. The molecule has 7 heteroatoms. The largest absolute Gasteiger partial charge is 0.493 e. The normalized spacial score (nSPS) is 15.4. The number of fused-ring (bicyclic) bond motifs is 1. The third kappa shape index (κ3) is 4.77. The molecule has 2 aromatic carbocycles. The SMILES string of the molecule is COc1ccc(CSC2CCN(Cc3occ4cc(F)ccc34)CC2)c(OC)c1OC. The van der Waals surface area contributed by atoms with Crippen molar-refractivity contribution in [3.8, 4) is 17.2 Å². The van der Waals surface area contributed by atoms with Crippen molar-refractivity contribution < 1.29 is 23.0 Å². The monoisotopic (exact) mass is 445 g/mol. The van der Waals surface area contributed by atoms with Crippen molar-refractivity contribution in [1.29, 1.82) is 0 Å².